The maximum atomic E-state index is 4.27. The molecule has 1 aromatic carbocycles. The van der Waals surface area contributed by atoms with Crippen molar-refractivity contribution >= 4 is 28.3 Å². The molecule has 0 radical (unpaired) electrons. The van der Waals surface area contributed by atoms with E-state index in [2.05, 4.69) is 64.0 Å². The lowest BCUT2D eigenvalue weighted by molar-refractivity contribution is 0.509. The van der Waals surface area contributed by atoms with Crippen molar-refractivity contribution < 1.29 is 0 Å². The third-order valence-electron chi connectivity index (χ3n) is 2.45. The van der Waals surface area contributed by atoms with Crippen LogP contribution < -0.4 is 5.32 Å². The summed E-state index contributed by atoms with van der Waals surface area (Å²) in [6.45, 7) is 4.90. The first-order chi connectivity index (χ1) is 8.18. The Bertz CT molecular complexity index is 493. The summed E-state index contributed by atoms with van der Waals surface area (Å²) in [6.07, 6.45) is 1.60. The number of halogens is 1. The Morgan fingerprint density at radius 3 is 2.82 bits per heavy atom. The predicted molar refractivity (Wildman–Crippen MR) is 76.9 cm³/mol. The van der Waals surface area contributed by atoms with E-state index in [4.69, 9.17) is 0 Å². The van der Waals surface area contributed by atoms with Crippen LogP contribution in [0.5, 0.6) is 0 Å². The van der Waals surface area contributed by atoms with Crippen LogP contribution in [0.25, 0.3) is 0 Å². The standard InChI is InChI=1S/C12H15IN4/c1-9(2)17-12(15-8-16-17)7-14-11-6-4-3-5-10(11)13/h3-6,8-9,14H,7H2,1-2H3. The third kappa shape index (κ3) is 2.96. The van der Waals surface area contributed by atoms with Crippen LogP contribution >= 0.6 is 22.6 Å². The summed E-state index contributed by atoms with van der Waals surface area (Å²) in [4.78, 5) is 4.27. The van der Waals surface area contributed by atoms with Gasteiger partial charge in [-0.2, -0.15) is 5.10 Å². The molecule has 0 atom stereocenters. The van der Waals surface area contributed by atoms with Gasteiger partial charge < -0.3 is 5.32 Å². The van der Waals surface area contributed by atoms with Crippen LogP contribution in [0, 0.1) is 3.57 Å². The van der Waals surface area contributed by atoms with Gasteiger partial charge in [-0.1, -0.05) is 12.1 Å². The summed E-state index contributed by atoms with van der Waals surface area (Å²) in [6, 6.07) is 8.54. The van der Waals surface area contributed by atoms with Crippen molar-refractivity contribution in [1.82, 2.24) is 14.8 Å². The fourth-order valence-corrected chi connectivity index (χ4v) is 2.19. The zero-order valence-electron chi connectivity index (χ0n) is 9.89. The quantitative estimate of drug-likeness (QED) is 0.869. The monoisotopic (exact) mass is 342 g/mol. The molecule has 0 fully saturated rings. The maximum Gasteiger partial charge on any atom is 0.146 e. The molecule has 17 heavy (non-hydrogen) atoms. The molecule has 0 aliphatic rings. The lowest BCUT2D eigenvalue weighted by Crippen LogP contribution is -2.12. The Balaban J connectivity index is 2.08. The number of hydrogen-bond donors (Lipinski definition) is 1. The molecule has 1 heterocycles. The number of rotatable bonds is 4. The second kappa shape index (κ2) is 5.48. The van der Waals surface area contributed by atoms with Crippen molar-refractivity contribution in [3.8, 4) is 0 Å². The van der Waals surface area contributed by atoms with Gasteiger partial charge in [0.1, 0.15) is 12.2 Å². The topological polar surface area (TPSA) is 42.7 Å². The summed E-state index contributed by atoms with van der Waals surface area (Å²) in [5.41, 5.74) is 1.13. The lowest BCUT2D eigenvalue weighted by atomic mass is 10.3. The van der Waals surface area contributed by atoms with Gasteiger partial charge in [0.15, 0.2) is 0 Å². The molecule has 90 valence electrons. The van der Waals surface area contributed by atoms with Gasteiger partial charge >= 0.3 is 0 Å². The lowest BCUT2D eigenvalue weighted by Gasteiger charge is -2.11. The minimum Gasteiger partial charge on any atom is -0.377 e. The number of hydrogen-bond acceptors (Lipinski definition) is 3. The number of benzene rings is 1. The number of nitrogens with one attached hydrogen (secondary N) is 1. The molecule has 0 bridgehead atoms. The van der Waals surface area contributed by atoms with Crippen molar-refractivity contribution in [3.63, 3.8) is 0 Å². The largest absolute Gasteiger partial charge is 0.377 e. The highest BCUT2D eigenvalue weighted by Crippen LogP contribution is 2.17. The normalized spacial score (nSPS) is 10.8. The molecular weight excluding hydrogens is 327 g/mol. The molecule has 5 heteroatoms. The first-order valence-corrected chi connectivity index (χ1v) is 6.63. The van der Waals surface area contributed by atoms with Crippen LogP contribution in [0.4, 0.5) is 5.69 Å². The van der Waals surface area contributed by atoms with Gasteiger partial charge in [0.05, 0.1) is 6.54 Å². The molecule has 0 amide bonds. The highest BCUT2D eigenvalue weighted by atomic mass is 127. The van der Waals surface area contributed by atoms with E-state index in [0.29, 0.717) is 12.6 Å². The molecule has 0 aliphatic heterocycles. The molecule has 1 N–H and O–H groups in total. The second-order valence-electron chi connectivity index (χ2n) is 4.05. The Morgan fingerprint density at radius 2 is 2.12 bits per heavy atom. The van der Waals surface area contributed by atoms with Crippen LogP contribution in [0.1, 0.15) is 25.7 Å². The second-order valence-corrected chi connectivity index (χ2v) is 5.21. The van der Waals surface area contributed by atoms with E-state index in [1.807, 2.05) is 16.8 Å². The molecular formula is C12H15IN4. The minimum atomic E-state index is 0.337. The molecule has 2 aromatic rings. The third-order valence-corrected chi connectivity index (χ3v) is 3.39. The average molecular weight is 342 g/mol. The summed E-state index contributed by atoms with van der Waals surface area (Å²) >= 11 is 2.32. The summed E-state index contributed by atoms with van der Waals surface area (Å²) in [7, 11) is 0. The van der Waals surface area contributed by atoms with E-state index < -0.39 is 0 Å². The van der Waals surface area contributed by atoms with Gasteiger partial charge in [-0.15, -0.1) is 0 Å². The van der Waals surface area contributed by atoms with Crippen molar-refractivity contribution in [1.29, 1.82) is 0 Å². The SMILES string of the molecule is CC(C)n1ncnc1CNc1ccccc1I. The van der Waals surface area contributed by atoms with Crippen molar-refractivity contribution in [2.24, 2.45) is 0 Å². The van der Waals surface area contributed by atoms with E-state index >= 15 is 0 Å². The Kier molecular flexibility index (Phi) is 3.98. The highest BCUT2D eigenvalue weighted by Gasteiger charge is 2.07. The van der Waals surface area contributed by atoms with E-state index in [1.54, 1.807) is 6.33 Å². The fourth-order valence-electron chi connectivity index (χ4n) is 1.61. The van der Waals surface area contributed by atoms with Crippen molar-refractivity contribution in [2.45, 2.75) is 26.4 Å². The molecule has 1 aromatic heterocycles. The van der Waals surface area contributed by atoms with Crippen LogP contribution in [-0.2, 0) is 6.54 Å². The predicted octanol–water partition coefficient (Wildman–Crippen LogP) is 3.08. The van der Waals surface area contributed by atoms with Gasteiger partial charge in [-0.25, -0.2) is 9.67 Å². The summed E-state index contributed by atoms with van der Waals surface area (Å²) in [5.74, 6) is 0.958. The van der Waals surface area contributed by atoms with Crippen molar-refractivity contribution in [3.05, 3.63) is 40.0 Å². The van der Waals surface area contributed by atoms with Crippen LogP contribution in [0.2, 0.25) is 0 Å². The first kappa shape index (κ1) is 12.3. The molecule has 2 rings (SSSR count). The van der Waals surface area contributed by atoms with E-state index in [-0.39, 0.29) is 0 Å². The Labute approximate surface area is 115 Å². The molecule has 0 saturated heterocycles. The van der Waals surface area contributed by atoms with Gasteiger partial charge in [-0.3, -0.25) is 0 Å². The van der Waals surface area contributed by atoms with E-state index in [9.17, 15) is 0 Å². The molecule has 4 nitrogen and oxygen atoms in total. The number of aromatic nitrogens is 3. The summed E-state index contributed by atoms with van der Waals surface area (Å²) in [5, 5.41) is 7.59. The number of nitrogens with zero attached hydrogens (tertiary/aromatic N) is 3. The summed E-state index contributed by atoms with van der Waals surface area (Å²) < 4.78 is 3.14. The molecule has 0 saturated carbocycles. The number of para-hydroxylation sites is 1. The van der Waals surface area contributed by atoms with E-state index in [1.165, 1.54) is 3.57 Å². The highest BCUT2D eigenvalue weighted by molar-refractivity contribution is 14.1. The van der Waals surface area contributed by atoms with Gasteiger partial charge in [0.2, 0.25) is 0 Å². The minimum absolute atomic E-state index is 0.337. The van der Waals surface area contributed by atoms with Crippen molar-refractivity contribution in [2.75, 3.05) is 5.32 Å². The molecule has 0 unspecified atom stereocenters. The zero-order valence-corrected chi connectivity index (χ0v) is 12.0. The van der Waals surface area contributed by atoms with Gasteiger partial charge in [0.25, 0.3) is 0 Å². The van der Waals surface area contributed by atoms with E-state index in [0.717, 1.165) is 11.5 Å². The van der Waals surface area contributed by atoms with Crippen LogP contribution in [0.3, 0.4) is 0 Å². The smallest absolute Gasteiger partial charge is 0.146 e. The van der Waals surface area contributed by atoms with Crippen LogP contribution in [0.15, 0.2) is 30.6 Å². The van der Waals surface area contributed by atoms with Gasteiger partial charge in [-0.05, 0) is 48.6 Å². The first-order valence-electron chi connectivity index (χ1n) is 5.55. The Hall–Kier alpha value is -1.11. The molecule has 0 spiro atoms. The molecule has 0 aliphatic carbocycles. The maximum absolute atomic E-state index is 4.27. The number of anilines is 1. The van der Waals surface area contributed by atoms with Gasteiger partial charge in [0, 0.05) is 15.3 Å². The fraction of sp³-hybridized carbons (Fsp3) is 0.333. The average Bonchev–Trinajstić information content (AvgIpc) is 2.76. The van der Waals surface area contributed by atoms with Crippen LogP contribution in [-0.4, -0.2) is 14.8 Å². The zero-order chi connectivity index (χ0) is 12.3. The Morgan fingerprint density at radius 1 is 1.35 bits per heavy atom.